The van der Waals surface area contributed by atoms with Crippen LogP contribution < -0.4 is 4.90 Å². The molecule has 0 amide bonds. The van der Waals surface area contributed by atoms with Gasteiger partial charge >= 0.3 is 0 Å². The van der Waals surface area contributed by atoms with E-state index in [1.165, 1.54) is 98.4 Å². The molecule has 7 aromatic rings. The van der Waals surface area contributed by atoms with Gasteiger partial charge < -0.3 is 9.47 Å². The first kappa shape index (κ1) is 28.6. The third-order valence-corrected chi connectivity index (χ3v) is 10.0. The van der Waals surface area contributed by atoms with Crippen LogP contribution in [0.3, 0.4) is 0 Å². The van der Waals surface area contributed by atoms with Gasteiger partial charge in [0.1, 0.15) is 0 Å². The summed E-state index contributed by atoms with van der Waals surface area (Å²) in [5, 5.41) is 5.11. The number of anilines is 3. The van der Waals surface area contributed by atoms with Crippen molar-refractivity contribution in [1.29, 1.82) is 0 Å². The van der Waals surface area contributed by atoms with Crippen molar-refractivity contribution in [3.8, 4) is 11.1 Å². The lowest BCUT2D eigenvalue weighted by molar-refractivity contribution is 0.423. The molecule has 2 heteroatoms. The van der Waals surface area contributed by atoms with Crippen molar-refractivity contribution >= 4 is 49.6 Å². The van der Waals surface area contributed by atoms with E-state index in [-0.39, 0.29) is 5.54 Å². The number of fused-ring (bicyclic) bond motifs is 4. The maximum absolute atomic E-state index is 2.52. The van der Waals surface area contributed by atoms with Crippen LogP contribution in [0.1, 0.15) is 64.4 Å². The van der Waals surface area contributed by atoms with Gasteiger partial charge in [0.25, 0.3) is 0 Å². The molecule has 0 aliphatic heterocycles. The van der Waals surface area contributed by atoms with Gasteiger partial charge in [0.2, 0.25) is 0 Å². The van der Waals surface area contributed by atoms with Crippen LogP contribution in [0.15, 0.2) is 133 Å². The second-order valence-corrected chi connectivity index (χ2v) is 14.0. The molecule has 2 nitrogen and oxygen atoms in total. The molecule has 228 valence electrons. The summed E-state index contributed by atoms with van der Waals surface area (Å²) in [6, 6.07) is 49.7. The van der Waals surface area contributed by atoms with Gasteiger partial charge in [0.15, 0.2) is 0 Å². The Morgan fingerprint density at radius 1 is 0.565 bits per heavy atom. The second kappa shape index (κ2) is 11.5. The highest BCUT2D eigenvalue weighted by Gasteiger charge is 2.24. The summed E-state index contributed by atoms with van der Waals surface area (Å²) in [6.07, 6.45) is 6.68. The van der Waals surface area contributed by atoms with Crippen LogP contribution in [-0.2, 0) is 5.54 Å². The minimum Gasteiger partial charge on any atom is -0.335 e. The number of hydrogen-bond donors (Lipinski definition) is 0. The maximum atomic E-state index is 2.52. The van der Waals surface area contributed by atoms with E-state index in [2.05, 4.69) is 164 Å². The van der Waals surface area contributed by atoms with Crippen LogP contribution in [0.2, 0.25) is 0 Å². The van der Waals surface area contributed by atoms with Crippen molar-refractivity contribution in [1.82, 2.24) is 4.57 Å². The lowest BCUT2D eigenvalue weighted by Crippen LogP contribution is -2.21. The van der Waals surface area contributed by atoms with Gasteiger partial charge in [-0.15, -0.1) is 0 Å². The fourth-order valence-electron chi connectivity index (χ4n) is 7.93. The summed E-state index contributed by atoms with van der Waals surface area (Å²) in [5.74, 6) is 0.677. The first-order valence-electron chi connectivity index (χ1n) is 17.0. The maximum Gasteiger partial charge on any atom is 0.0546 e. The zero-order valence-corrected chi connectivity index (χ0v) is 27.2. The Morgan fingerprint density at radius 2 is 1.22 bits per heavy atom. The molecule has 1 heterocycles. The first-order chi connectivity index (χ1) is 22.5. The molecule has 0 N–H and O–H groups in total. The molecule has 1 aliphatic rings. The summed E-state index contributed by atoms with van der Waals surface area (Å²) in [7, 11) is 0. The van der Waals surface area contributed by atoms with E-state index in [9.17, 15) is 0 Å². The number of para-hydroxylation sites is 1. The number of rotatable bonds is 5. The van der Waals surface area contributed by atoms with Crippen LogP contribution in [0, 0.1) is 0 Å². The largest absolute Gasteiger partial charge is 0.335 e. The monoisotopic (exact) mass is 598 g/mol. The van der Waals surface area contributed by atoms with E-state index in [1.54, 1.807) is 0 Å². The number of nitrogens with zero attached hydrogens (tertiary/aromatic N) is 2. The van der Waals surface area contributed by atoms with Crippen LogP contribution in [0.5, 0.6) is 0 Å². The summed E-state index contributed by atoms with van der Waals surface area (Å²) in [6.45, 7) is 6.93. The van der Waals surface area contributed by atoms with E-state index in [0.717, 1.165) is 0 Å². The Morgan fingerprint density at radius 3 is 1.98 bits per heavy atom. The fraction of sp³-hybridized carbons (Fsp3) is 0.227. The Balaban J connectivity index is 1.39. The summed E-state index contributed by atoms with van der Waals surface area (Å²) >= 11 is 0. The molecule has 1 fully saturated rings. The van der Waals surface area contributed by atoms with Gasteiger partial charge in [0, 0.05) is 38.8 Å². The summed E-state index contributed by atoms with van der Waals surface area (Å²) in [5.41, 5.74) is 9.96. The van der Waals surface area contributed by atoms with Crippen LogP contribution in [-0.4, -0.2) is 4.57 Å². The van der Waals surface area contributed by atoms with Crippen molar-refractivity contribution in [3.05, 3.63) is 139 Å². The first-order valence-corrected chi connectivity index (χ1v) is 17.0. The van der Waals surface area contributed by atoms with Gasteiger partial charge in [-0.3, -0.25) is 0 Å². The summed E-state index contributed by atoms with van der Waals surface area (Å²) < 4.78 is 2.52. The SMILES string of the molecule is CC(C)(C)n1c2ccccc2c2ccc(N(c3ccc(C4CCCCC4)cc3)c3ccc4ccccc4c3-c3ccccc3)cc21. The van der Waals surface area contributed by atoms with Crippen LogP contribution in [0.4, 0.5) is 17.1 Å². The number of hydrogen-bond acceptors (Lipinski definition) is 1. The van der Waals surface area contributed by atoms with Gasteiger partial charge in [-0.05, 0) is 97.8 Å². The third kappa shape index (κ3) is 4.97. The molecule has 1 aliphatic carbocycles. The minimum absolute atomic E-state index is 0.0788. The van der Waals surface area contributed by atoms with Crippen molar-refractivity contribution in [2.45, 2.75) is 64.3 Å². The van der Waals surface area contributed by atoms with Gasteiger partial charge in [0.05, 0.1) is 11.2 Å². The quantitative estimate of drug-likeness (QED) is 0.191. The Kier molecular flexibility index (Phi) is 7.17. The van der Waals surface area contributed by atoms with E-state index >= 15 is 0 Å². The van der Waals surface area contributed by atoms with Crippen LogP contribution in [0.25, 0.3) is 43.7 Å². The van der Waals surface area contributed by atoms with Crippen LogP contribution >= 0.6 is 0 Å². The third-order valence-electron chi connectivity index (χ3n) is 10.0. The summed E-state index contributed by atoms with van der Waals surface area (Å²) in [4.78, 5) is 2.49. The zero-order chi connectivity index (χ0) is 31.3. The number of benzene rings is 6. The van der Waals surface area contributed by atoms with Crippen molar-refractivity contribution in [2.24, 2.45) is 0 Å². The molecule has 1 aromatic heterocycles. The zero-order valence-electron chi connectivity index (χ0n) is 27.2. The average molecular weight is 599 g/mol. The van der Waals surface area contributed by atoms with Crippen molar-refractivity contribution in [3.63, 3.8) is 0 Å². The predicted octanol–water partition coefficient (Wildman–Crippen LogP) is 12.9. The Bertz CT molecular complexity index is 2160. The topological polar surface area (TPSA) is 8.17 Å². The lowest BCUT2D eigenvalue weighted by atomic mass is 9.84. The van der Waals surface area contributed by atoms with Crippen molar-refractivity contribution in [2.75, 3.05) is 4.90 Å². The van der Waals surface area contributed by atoms with Gasteiger partial charge in [-0.25, -0.2) is 0 Å². The van der Waals surface area contributed by atoms with E-state index < -0.39 is 0 Å². The molecule has 0 atom stereocenters. The molecule has 0 spiro atoms. The highest BCUT2D eigenvalue weighted by molar-refractivity contribution is 6.10. The standard InChI is InChI=1S/C44H42N2/c1-44(2,3)46-40-21-13-12-20-38(40)39-28-27-36(30-42(39)46)45(35-25-22-32(23-26-35)31-14-6-4-7-15-31)41-29-24-33-16-10-11-19-37(33)43(41)34-17-8-5-9-18-34/h5,8-13,16-31H,4,6-7,14-15H2,1-3H3. The molecule has 0 radical (unpaired) electrons. The molecule has 8 rings (SSSR count). The molecule has 0 unspecified atom stereocenters. The van der Waals surface area contributed by atoms with Gasteiger partial charge in [-0.1, -0.05) is 116 Å². The molecular weight excluding hydrogens is 556 g/mol. The molecular formula is C44H42N2. The minimum atomic E-state index is -0.0788. The Hall–Kier alpha value is -4.82. The predicted molar refractivity (Wildman–Crippen MR) is 198 cm³/mol. The highest BCUT2D eigenvalue weighted by atomic mass is 15.1. The second-order valence-electron chi connectivity index (χ2n) is 14.0. The van der Waals surface area contributed by atoms with E-state index in [0.29, 0.717) is 5.92 Å². The van der Waals surface area contributed by atoms with Gasteiger partial charge in [-0.2, -0.15) is 0 Å². The fourth-order valence-corrected chi connectivity index (χ4v) is 7.93. The lowest BCUT2D eigenvalue weighted by Gasteiger charge is -2.30. The molecule has 6 aromatic carbocycles. The Labute approximate surface area is 272 Å². The average Bonchev–Trinajstić information content (AvgIpc) is 3.44. The molecule has 0 saturated heterocycles. The molecule has 0 bridgehead atoms. The normalized spacial score (nSPS) is 14.3. The molecule has 46 heavy (non-hydrogen) atoms. The van der Waals surface area contributed by atoms with Crippen molar-refractivity contribution < 1.29 is 0 Å². The molecule has 1 saturated carbocycles. The highest BCUT2D eigenvalue weighted by Crippen LogP contribution is 2.46. The van der Waals surface area contributed by atoms with E-state index in [4.69, 9.17) is 0 Å². The number of aromatic nitrogens is 1. The smallest absolute Gasteiger partial charge is 0.0546 e. The van der Waals surface area contributed by atoms with E-state index in [1.807, 2.05) is 0 Å².